The fourth-order valence-corrected chi connectivity index (χ4v) is 1.11. The van der Waals surface area contributed by atoms with Crippen LogP contribution < -0.4 is 5.32 Å². The minimum atomic E-state index is -0.827. The molecule has 0 aromatic heterocycles. The van der Waals surface area contributed by atoms with Crippen LogP contribution in [0.3, 0.4) is 0 Å². The summed E-state index contributed by atoms with van der Waals surface area (Å²) < 4.78 is 4.69. The van der Waals surface area contributed by atoms with E-state index in [0.717, 1.165) is 0 Å². The van der Waals surface area contributed by atoms with Gasteiger partial charge >= 0.3 is 6.09 Å². The third-order valence-corrected chi connectivity index (χ3v) is 1.85. The molecule has 17 heavy (non-hydrogen) atoms. The fourth-order valence-electron chi connectivity index (χ4n) is 1.11. The van der Waals surface area contributed by atoms with Crippen molar-refractivity contribution in [1.29, 1.82) is 0 Å². The number of nitrogens with zero attached hydrogens (tertiary/aromatic N) is 1. The highest BCUT2D eigenvalue weighted by atomic mass is 16.6. The lowest BCUT2D eigenvalue weighted by Crippen LogP contribution is -2.25. The lowest BCUT2D eigenvalue weighted by molar-refractivity contribution is -0.385. The van der Waals surface area contributed by atoms with Crippen LogP contribution >= 0.6 is 0 Å². The van der Waals surface area contributed by atoms with Crippen LogP contribution in [-0.2, 0) is 16.1 Å². The van der Waals surface area contributed by atoms with Crippen molar-refractivity contribution in [2.45, 2.75) is 6.61 Å². The van der Waals surface area contributed by atoms with Crippen molar-refractivity contribution in [2.75, 3.05) is 6.54 Å². The molecule has 0 saturated heterocycles. The Labute approximate surface area is 96.5 Å². The zero-order valence-corrected chi connectivity index (χ0v) is 8.71. The Morgan fingerprint density at radius 3 is 2.82 bits per heavy atom. The van der Waals surface area contributed by atoms with Crippen molar-refractivity contribution in [2.24, 2.45) is 0 Å². The molecular weight excluding hydrogens is 228 g/mol. The van der Waals surface area contributed by atoms with E-state index in [2.05, 4.69) is 10.1 Å². The van der Waals surface area contributed by atoms with Gasteiger partial charge in [0.15, 0.2) is 0 Å². The normalized spacial score (nSPS) is 9.41. The van der Waals surface area contributed by atoms with Gasteiger partial charge in [0.1, 0.15) is 6.61 Å². The number of hydrogen-bond donors (Lipinski definition) is 1. The van der Waals surface area contributed by atoms with Crippen LogP contribution in [0, 0.1) is 10.1 Å². The third-order valence-electron chi connectivity index (χ3n) is 1.85. The summed E-state index contributed by atoms with van der Waals surface area (Å²) in [5.41, 5.74) is 0.157. The number of rotatable bonds is 5. The quantitative estimate of drug-likeness (QED) is 0.606. The first-order valence-corrected chi connectivity index (χ1v) is 4.63. The summed E-state index contributed by atoms with van der Waals surface area (Å²) in [7, 11) is 0. The standard InChI is InChI=1S/C10H9N2O5/c13-6-5-11-10(14)17-7-8-3-1-2-4-9(8)12(15)16/h1-4H,5,7H2,(H,11,14). The molecule has 1 N–H and O–H groups in total. The molecule has 0 unspecified atom stereocenters. The predicted octanol–water partition coefficient (Wildman–Crippen LogP) is 0.931. The summed E-state index contributed by atoms with van der Waals surface area (Å²) in [4.78, 5) is 30.9. The Morgan fingerprint density at radius 2 is 2.18 bits per heavy atom. The first-order valence-electron chi connectivity index (χ1n) is 4.63. The van der Waals surface area contributed by atoms with Crippen LogP contribution in [0.1, 0.15) is 5.56 Å². The molecule has 7 nitrogen and oxygen atoms in total. The minimum absolute atomic E-state index is 0.123. The topological polar surface area (TPSA) is 98.5 Å². The van der Waals surface area contributed by atoms with E-state index in [1.165, 1.54) is 24.5 Å². The van der Waals surface area contributed by atoms with Crippen molar-refractivity contribution in [3.05, 3.63) is 39.9 Å². The van der Waals surface area contributed by atoms with Gasteiger partial charge < -0.3 is 10.1 Å². The third kappa shape index (κ3) is 3.90. The second-order valence-electron chi connectivity index (χ2n) is 2.96. The number of nitro benzene ring substituents is 1. The molecule has 1 rings (SSSR count). The van der Waals surface area contributed by atoms with Gasteiger partial charge in [0.25, 0.3) is 5.69 Å². The number of hydrogen-bond acceptors (Lipinski definition) is 5. The molecule has 0 bridgehead atoms. The molecule has 0 atom stereocenters. The number of nitro groups is 1. The number of benzene rings is 1. The Morgan fingerprint density at radius 1 is 1.47 bits per heavy atom. The predicted molar refractivity (Wildman–Crippen MR) is 57.0 cm³/mol. The van der Waals surface area contributed by atoms with E-state index in [1.54, 1.807) is 6.07 Å². The highest BCUT2D eigenvalue weighted by Crippen LogP contribution is 2.18. The van der Waals surface area contributed by atoms with Gasteiger partial charge in [-0.3, -0.25) is 14.9 Å². The van der Waals surface area contributed by atoms with Gasteiger partial charge in [-0.2, -0.15) is 0 Å². The van der Waals surface area contributed by atoms with Crippen LogP contribution in [0.2, 0.25) is 0 Å². The Kier molecular flexibility index (Phi) is 4.61. The molecule has 0 spiro atoms. The molecule has 0 saturated carbocycles. The summed E-state index contributed by atoms with van der Waals surface area (Å²) >= 11 is 0. The molecule has 7 heteroatoms. The van der Waals surface area contributed by atoms with Crippen molar-refractivity contribution in [1.82, 2.24) is 5.32 Å². The van der Waals surface area contributed by atoms with Gasteiger partial charge in [0.2, 0.25) is 6.29 Å². The number of alkyl carbamates (subject to hydrolysis) is 1. The maximum absolute atomic E-state index is 11.0. The highest BCUT2D eigenvalue weighted by molar-refractivity contribution is 5.71. The van der Waals surface area contributed by atoms with Crippen LogP contribution in [0.25, 0.3) is 0 Å². The summed E-state index contributed by atoms with van der Waals surface area (Å²) in [5, 5.41) is 12.7. The van der Waals surface area contributed by atoms with Crippen LogP contribution in [0.4, 0.5) is 10.5 Å². The van der Waals surface area contributed by atoms with E-state index in [9.17, 15) is 19.7 Å². The first-order chi connectivity index (χ1) is 8.15. The summed E-state index contributed by atoms with van der Waals surface area (Å²) in [5.74, 6) is 0. The second-order valence-corrected chi connectivity index (χ2v) is 2.96. The zero-order valence-electron chi connectivity index (χ0n) is 8.71. The van der Waals surface area contributed by atoms with Crippen LogP contribution in [-0.4, -0.2) is 23.8 Å². The van der Waals surface area contributed by atoms with Crippen molar-refractivity contribution >= 4 is 18.1 Å². The number of ether oxygens (including phenoxy) is 1. The van der Waals surface area contributed by atoms with E-state index in [-0.39, 0.29) is 24.4 Å². The molecular formula is C10H9N2O5. The van der Waals surface area contributed by atoms with E-state index < -0.39 is 11.0 Å². The summed E-state index contributed by atoms with van der Waals surface area (Å²) in [6.45, 7) is -0.516. The minimum Gasteiger partial charge on any atom is -0.444 e. The van der Waals surface area contributed by atoms with Crippen molar-refractivity contribution in [3.8, 4) is 0 Å². The van der Waals surface area contributed by atoms with Gasteiger partial charge in [-0.1, -0.05) is 12.1 Å². The zero-order chi connectivity index (χ0) is 12.7. The molecule has 0 aliphatic rings. The second kappa shape index (κ2) is 6.21. The van der Waals surface area contributed by atoms with Gasteiger partial charge in [-0.15, -0.1) is 0 Å². The molecule has 0 fully saturated rings. The molecule has 0 aliphatic carbocycles. The molecule has 89 valence electrons. The van der Waals surface area contributed by atoms with Crippen molar-refractivity contribution in [3.63, 3.8) is 0 Å². The summed E-state index contributed by atoms with van der Waals surface area (Å²) in [6, 6.07) is 5.92. The number of carbonyl (C=O) groups is 1. The molecule has 1 aromatic carbocycles. The van der Waals surface area contributed by atoms with E-state index in [1.807, 2.05) is 0 Å². The molecule has 1 aromatic rings. The van der Waals surface area contributed by atoms with Gasteiger partial charge in [0, 0.05) is 6.07 Å². The molecule has 1 amide bonds. The average molecular weight is 237 g/mol. The fraction of sp³-hybridized carbons (Fsp3) is 0.200. The Balaban J connectivity index is 2.60. The molecule has 0 heterocycles. The lowest BCUT2D eigenvalue weighted by atomic mass is 10.2. The maximum Gasteiger partial charge on any atom is 0.407 e. The highest BCUT2D eigenvalue weighted by Gasteiger charge is 2.13. The SMILES string of the molecule is O=[C]CNC(=O)OCc1ccccc1[N+](=O)[O-]. The lowest BCUT2D eigenvalue weighted by Gasteiger charge is -2.05. The van der Waals surface area contributed by atoms with Gasteiger partial charge in [-0.05, 0) is 6.07 Å². The molecule has 0 aliphatic heterocycles. The van der Waals surface area contributed by atoms with E-state index >= 15 is 0 Å². The van der Waals surface area contributed by atoms with Crippen LogP contribution in [0.5, 0.6) is 0 Å². The molecule has 1 radical (unpaired) electrons. The number of nitrogens with one attached hydrogen (secondary N) is 1. The maximum atomic E-state index is 11.0. The van der Waals surface area contributed by atoms with Crippen LogP contribution in [0.15, 0.2) is 24.3 Å². The largest absolute Gasteiger partial charge is 0.444 e. The average Bonchev–Trinajstić information content (AvgIpc) is 2.34. The Bertz CT molecular complexity index is 432. The number of para-hydroxylation sites is 1. The number of carbonyl (C=O) groups excluding carboxylic acids is 2. The van der Waals surface area contributed by atoms with E-state index in [4.69, 9.17) is 0 Å². The van der Waals surface area contributed by atoms with E-state index in [0.29, 0.717) is 0 Å². The Hall–Kier alpha value is -2.44. The van der Waals surface area contributed by atoms with Gasteiger partial charge in [0.05, 0.1) is 17.0 Å². The van der Waals surface area contributed by atoms with Crippen molar-refractivity contribution < 1.29 is 19.2 Å². The smallest absolute Gasteiger partial charge is 0.407 e. The monoisotopic (exact) mass is 237 g/mol. The van der Waals surface area contributed by atoms with Gasteiger partial charge in [-0.25, -0.2) is 4.79 Å². The summed E-state index contributed by atoms with van der Waals surface area (Å²) in [6.07, 6.45) is 0.629. The first kappa shape index (κ1) is 12.6. The number of amides is 1.